The first kappa shape index (κ1) is 24.9. The fourth-order valence-electron chi connectivity index (χ4n) is 4.81. The highest BCUT2D eigenvalue weighted by atomic mass is 35.5. The smallest absolute Gasteiger partial charge is 0.328 e. The summed E-state index contributed by atoms with van der Waals surface area (Å²) in [5, 5.41) is 0.865. The maximum Gasteiger partial charge on any atom is 0.328 e. The second-order valence-corrected chi connectivity index (χ2v) is 10.1. The molecule has 1 unspecified atom stereocenters. The van der Waals surface area contributed by atoms with Crippen LogP contribution in [0.1, 0.15) is 32.6 Å². The van der Waals surface area contributed by atoms with Crippen LogP contribution < -0.4 is 0 Å². The zero-order valence-electron chi connectivity index (χ0n) is 20.4. The second-order valence-electron chi connectivity index (χ2n) is 9.05. The quantitative estimate of drug-likeness (QED) is 0.250. The molecule has 0 aliphatic carbocycles. The fourth-order valence-corrected chi connectivity index (χ4v) is 6.12. The number of ketones is 1. The summed E-state index contributed by atoms with van der Waals surface area (Å²) in [6.07, 6.45) is 7.31. The van der Waals surface area contributed by atoms with Crippen LogP contribution in [-0.2, 0) is 5.75 Å². The number of nitrogens with zero attached hydrogens (tertiary/aromatic N) is 4. The van der Waals surface area contributed by atoms with Crippen LogP contribution in [0.2, 0.25) is 0 Å². The van der Waals surface area contributed by atoms with Gasteiger partial charge in [-0.25, -0.2) is 4.79 Å². The van der Waals surface area contributed by atoms with Gasteiger partial charge in [0.15, 0.2) is 5.78 Å². The first-order chi connectivity index (χ1) is 17.5. The van der Waals surface area contributed by atoms with Gasteiger partial charge in [0.1, 0.15) is 5.37 Å². The average Bonchev–Trinajstić information content (AvgIpc) is 3.62. The van der Waals surface area contributed by atoms with Crippen LogP contribution in [0.5, 0.6) is 0 Å². The van der Waals surface area contributed by atoms with E-state index in [2.05, 4.69) is 15.6 Å². The van der Waals surface area contributed by atoms with Crippen LogP contribution >= 0.6 is 24.2 Å². The van der Waals surface area contributed by atoms with Crippen LogP contribution in [0, 0.1) is 0 Å². The number of halogens is 1. The number of amides is 1. The van der Waals surface area contributed by atoms with E-state index in [1.54, 1.807) is 42.8 Å². The van der Waals surface area contributed by atoms with Gasteiger partial charge in [-0.1, -0.05) is 48.5 Å². The molecule has 0 saturated heterocycles. The van der Waals surface area contributed by atoms with Gasteiger partial charge in [0, 0.05) is 72.4 Å². The molecule has 8 heteroatoms. The lowest BCUT2D eigenvalue weighted by molar-refractivity contribution is 0.103. The molecule has 37 heavy (non-hydrogen) atoms. The number of pyridine rings is 1. The molecule has 6 rings (SSSR count). The molecule has 5 aromatic rings. The Morgan fingerprint density at radius 3 is 2.51 bits per heavy atom. The molecule has 0 N–H and O–H groups in total. The molecule has 1 amide bonds. The fraction of sp³-hybridized carbons (Fsp3) is 0.138. The predicted molar refractivity (Wildman–Crippen MR) is 151 cm³/mol. The highest BCUT2D eigenvalue weighted by molar-refractivity contribution is 7.99. The molecule has 0 saturated carbocycles. The second kappa shape index (κ2) is 9.92. The minimum absolute atomic E-state index is 0. The number of thioether (sulfide) groups is 1. The van der Waals surface area contributed by atoms with E-state index in [0.717, 1.165) is 39.0 Å². The van der Waals surface area contributed by atoms with Crippen molar-refractivity contribution in [3.05, 3.63) is 114 Å². The van der Waals surface area contributed by atoms with Gasteiger partial charge in [0.25, 0.3) is 0 Å². The third-order valence-corrected chi connectivity index (χ3v) is 7.87. The van der Waals surface area contributed by atoms with Crippen molar-refractivity contribution in [1.29, 1.82) is 0 Å². The van der Waals surface area contributed by atoms with E-state index in [1.165, 1.54) is 4.90 Å². The number of fused-ring (bicyclic) bond motifs is 2. The van der Waals surface area contributed by atoms with E-state index >= 15 is 0 Å². The molecule has 0 spiro atoms. The largest absolute Gasteiger partial charge is 0.333 e. The molecular weight excluding hydrogens is 504 g/mol. The lowest BCUT2D eigenvalue weighted by Gasteiger charge is -2.12. The highest BCUT2D eigenvalue weighted by Crippen LogP contribution is 2.42. The van der Waals surface area contributed by atoms with Crippen LogP contribution in [-0.4, -0.2) is 44.9 Å². The van der Waals surface area contributed by atoms with Gasteiger partial charge in [0.2, 0.25) is 0 Å². The lowest BCUT2D eigenvalue weighted by Crippen LogP contribution is -2.26. The molecule has 1 aliphatic rings. The van der Waals surface area contributed by atoms with Crippen molar-refractivity contribution in [3.8, 4) is 11.1 Å². The maximum atomic E-state index is 13.9. The van der Waals surface area contributed by atoms with Crippen molar-refractivity contribution in [3.63, 3.8) is 0 Å². The first-order valence-electron chi connectivity index (χ1n) is 11.7. The Labute approximate surface area is 225 Å². The Bertz CT molecular complexity index is 1610. The van der Waals surface area contributed by atoms with Crippen LogP contribution in [0.3, 0.4) is 0 Å². The number of hydrogen-bond acceptors (Lipinski definition) is 4. The summed E-state index contributed by atoms with van der Waals surface area (Å²) in [5.41, 5.74) is 6.09. The molecule has 1 aliphatic heterocycles. The lowest BCUT2D eigenvalue weighted by atomic mass is 10.00. The summed E-state index contributed by atoms with van der Waals surface area (Å²) in [4.78, 5) is 32.8. The molecular formula is C29H25ClN4O2S. The summed E-state index contributed by atoms with van der Waals surface area (Å²) in [7, 11) is 3.43. The van der Waals surface area contributed by atoms with Crippen molar-refractivity contribution in [1.82, 2.24) is 19.0 Å². The molecule has 6 nitrogen and oxygen atoms in total. The molecule has 0 fully saturated rings. The minimum Gasteiger partial charge on any atom is -0.333 e. The van der Waals surface area contributed by atoms with E-state index < -0.39 is 0 Å². The standard InChI is InChI=1S/C29H24N4O2S.ClH/c1-31(2)29(35)33-17-24(22-11-10-20(15-25(22)33)19-7-4-3-5-8-19)27(34)23-12-14-32-26(23)18-36-28(32)21-9-6-13-30-16-21;/h3-17,28H,18H2,1-2H3;1H. The Morgan fingerprint density at radius 1 is 0.973 bits per heavy atom. The van der Waals surface area contributed by atoms with Gasteiger partial charge < -0.3 is 9.47 Å². The molecule has 4 heterocycles. The zero-order valence-corrected chi connectivity index (χ0v) is 22.0. The topological polar surface area (TPSA) is 60.1 Å². The predicted octanol–water partition coefficient (Wildman–Crippen LogP) is 6.48. The van der Waals surface area contributed by atoms with E-state index in [-0.39, 0.29) is 29.6 Å². The molecule has 2 aromatic carbocycles. The van der Waals surface area contributed by atoms with Gasteiger partial charge in [-0.2, -0.15) is 0 Å². The third-order valence-electron chi connectivity index (χ3n) is 6.62. The third kappa shape index (κ3) is 4.24. The molecule has 186 valence electrons. The molecule has 3 aromatic heterocycles. The average molecular weight is 529 g/mol. The van der Waals surface area contributed by atoms with Gasteiger partial charge in [-0.05, 0) is 29.3 Å². The normalized spacial score (nSPS) is 14.3. The summed E-state index contributed by atoms with van der Waals surface area (Å²) >= 11 is 1.78. The number of carbonyl (C=O) groups excluding carboxylic acids is 2. The van der Waals surface area contributed by atoms with E-state index in [1.807, 2.05) is 73.1 Å². The van der Waals surface area contributed by atoms with Gasteiger partial charge in [0.05, 0.1) is 5.52 Å². The summed E-state index contributed by atoms with van der Waals surface area (Å²) in [5.74, 6) is 0.667. The van der Waals surface area contributed by atoms with Gasteiger partial charge in [-0.3, -0.25) is 14.3 Å². The van der Waals surface area contributed by atoms with Crippen molar-refractivity contribution in [2.24, 2.45) is 0 Å². The Morgan fingerprint density at radius 2 is 1.78 bits per heavy atom. The Balaban J connectivity index is 0.00000280. The van der Waals surface area contributed by atoms with Crippen molar-refractivity contribution in [2.45, 2.75) is 11.1 Å². The first-order valence-corrected chi connectivity index (χ1v) is 12.8. The number of benzene rings is 2. The van der Waals surface area contributed by atoms with E-state index in [0.29, 0.717) is 11.1 Å². The summed E-state index contributed by atoms with van der Waals surface area (Å²) in [6.45, 7) is 0. The summed E-state index contributed by atoms with van der Waals surface area (Å²) in [6, 6.07) is 21.7. The van der Waals surface area contributed by atoms with Gasteiger partial charge in [-0.15, -0.1) is 24.2 Å². The van der Waals surface area contributed by atoms with Crippen molar-refractivity contribution in [2.75, 3.05) is 14.1 Å². The van der Waals surface area contributed by atoms with Crippen molar-refractivity contribution >= 4 is 46.9 Å². The number of aromatic nitrogens is 3. The highest BCUT2D eigenvalue weighted by Gasteiger charge is 2.30. The van der Waals surface area contributed by atoms with Crippen LogP contribution in [0.25, 0.3) is 22.0 Å². The van der Waals surface area contributed by atoms with Crippen LogP contribution in [0.15, 0.2) is 91.5 Å². The SMILES string of the molecule is CN(C)C(=O)n1cc(C(=O)c2ccn3c2CSC3c2cccnc2)c2ccc(-c3ccccc3)cc21.Cl. The molecule has 1 atom stereocenters. The van der Waals surface area contributed by atoms with E-state index in [9.17, 15) is 9.59 Å². The van der Waals surface area contributed by atoms with E-state index in [4.69, 9.17) is 0 Å². The number of rotatable bonds is 4. The maximum absolute atomic E-state index is 13.9. The number of carbonyl (C=O) groups is 2. The number of hydrogen-bond donors (Lipinski definition) is 0. The van der Waals surface area contributed by atoms with Crippen LogP contribution in [0.4, 0.5) is 4.79 Å². The zero-order chi connectivity index (χ0) is 24.8. The summed E-state index contributed by atoms with van der Waals surface area (Å²) < 4.78 is 3.74. The Hall–Kier alpha value is -3.81. The minimum atomic E-state index is -0.196. The Kier molecular flexibility index (Phi) is 6.67. The monoisotopic (exact) mass is 528 g/mol. The molecule has 0 bridgehead atoms. The van der Waals surface area contributed by atoms with Crippen molar-refractivity contribution < 1.29 is 9.59 Å². The van der Waals surface area contributed by atoms with Gasteiger partial charge >= 0.3 is 6.03 Å². The molecule has 0 radical (unpaired) electrons.